The third-order valence-corrected chi connectivity index (χ3v) is 4.84. The first-order valence-corrected chi connectivity index (χ1v) is 11.0. The van der Waals surface area contributed by atoms with E-state index >= 15 is 0 Å². The maximum atomic E-state index is 8.59. The van der Waals surface area contributed by atoms with Crippen molar-refractivity contribution < 1.29 is 9.53 Å². The summed E-state index contributed by atoms with van der Waals surface area (Å²) in [6.07, 6.45) is 20.9. The Morgan fingerprint density at radius 2 is 1.16 bits per heavy atom. The summed E-state index contributed by atoms with van der Waals surface area (Å²) >= 11 is 0. The summed E-state index contributed by atoms with van der Waals surface area (Å²) in [5.41, 5.74) is 0. The van der Waals surface area contributed by atoms with Crippen LogP contribution in [0.15, 0.2) is 0 Å². The quantitative estimate of drug-likeness (QED) is 0.144. The lowest BCUT2D eigenvalue weighted by Crippen LogP contribution is -2.24. The molecule has 0 radical (unpaired) electrons. The van der Waals surface area contributed by atoms with Crippen molar-refractivity contribution in [3.05, 3.63) is 0 Å². The zero-order chi connectivity index (χ0) is 18.4. The molecule has 0 bridgehead atoms. The highest BCUT2D eigenvalue weighted by Gasteiger charge is 1.97. The fraction of sp³-hybridized carbons (Fsp3) is 0.955. The van der Waals surface area contributed by atoms with Crippen molar-refractivity contribution in [3.8, 4) is 0 Å². The van der Waals surface area contributed by atoms with Crippen LogP contribution >= 0.6 is 0 Å². The topological polar surface area (TPSA) is 33.9 Å². The maximum absolute atomic E-state index is 8.59. The van der Waals surface area contributed by atoms with Gasteiger partial charge in [-0.1, -0.05) is 77.6 Å². The lowest BCUT2D eigenvalue weighted by Gasteiger charge is -2.15. The second kappa shape index (κ2) is 21.6. The molecule has 0 aliphatic rings. The number of rotatable bonds is 21. The Labute approximate surface area is 157 Å². The van der Waals surface area contributed by atoms with E-state index in [2.05, 4.69) is 18.9 Å². The highest BCUT2D eigenvalue weighted by molar-refractivity contribution is 5.50. The number of hydrogen-bond donors (Lipinski definition) is 0. The van der Waals surface area contributed by atoms with E-state index in [1.165, 1.54) is 96.3 Å². The van der Waals surface area contributed by atoms with Crippen LogP contribution in [0.3, 0.4) is 0 Å². The molecule has 0 fully saturated rings. The SMILES string of the molecule is CCCN(C)CCOCCCCCCCCCCCCCCCC=[OH+]. The molecule has 3 nitrogen and oxygen atoms in total. The van der Waals surface area contributed by atoms with Gasteiger partial charge in [0.05, 0.1) is 13.0 Å². The molecule has 3 heteroatoms. The summed E-state index contributed by atoms with van der Waals surface area (Å²) in [5, 5.41) is 0. The van der Waals surface area contributed by atoms with Gasteiger partial charge >= 0.3 is 0 Å². The fourth-order valence-corrected chi connectivity index (χ4v) is 3.20. The van der Waals surface area contributed by atoms with Crippen LogP contribution in [0.1, 0.15) is 103 Å². The molecule has 0 aromatic rings. The van der Waals surface area contributed by atoms with Crippen LogP contribution in [-0.2, 0) is 4.74 Å². The molecule has 0 saturated heterocycles. The zero-order valence-corrected chi connectivity index (χ0v) is 17.3. The van der Waals surface area contributed by atoms with Gasteiger partial charge in [0.25, 0.3) is 6.29 Å². The van der Waals surface area contributed by atoms with E-state index in [0.29, 0.717) is 0 Å². The van der Waals surface area contributed by atoms with Gasteiger partial charge in [0, 0.05) is 13.2 Å². The smallest absolute Gasteiger partial charge is 0.281 e. The van der Waals surface area contributed by atoms with E-state index in [1.54, 1.807) is 0 Å². The van der Waals surface area contributed by atoms with Gasteiger partial charge in [-0.15, -0.1) is 0 Å². The van der Waals surface area contributed by atoms with Gasteiger partial charge in [0.2, 0.25) is 0 Å². The van der Waals surface area contributed by atoms with Crippen molar-refractivity contribution in [2.75, 3.05) is 33.4 Å². The molecule has 0 spiro atoms. The van der Waals surface area contributed by atoms with Gasteiger partial charge in [-0.25, -0.2) is 0 Å². The van der Waals surface area contributed by atoms with Crippen LogP contribution in [0.2, 0.25) is 0 Å². The van der Waals surface area contributed by atoms with Gasteiger partial charge < -0.3 is 9.64 Å². The third-order valence-electron chi connectivity index (χ3n) is 4.84. The van der Waals surface area contributed by atoms with Crippen molar-refractivity contribution in [1.29, 1.82) is 0 Å². The fourth-order valence-electron chi connectivity index (χ4n) is 3.20. The summed E-state index contributed by atoms with van der Waals surface area (Å²) in [6.45, 7) is 6.29. The normalized spacial score (nSPS) is 11.3. The maximum Gasteiger partial charge on any atom is 0.281 e. The summed E-state index contributed by atoms with van der Waals surface area (Å²) in [7, 11) is 2.17. The number of nitrogens with zero attached hydrogens (tertiary/aromatic N) is 1. The Hall–Kier alpha value is -0.410. The van der Waals surface area contributed by atoms with Crippen molar-refractivity contribution in [2.45, 2.75) is 103 Å². The summed E-state index contributed by atoms with van der Waals surface area (Å²) in [5.74, 6) is 0. The Balaban J connectivity index is 3.01. The molecule has 0 aromatic heterocycles. The summed E-state index contributed by atoms with van der Waals surface area (Å²) < 4.78 is 5.71. The van der Waals surface area contributed by atoms with E-state index in [4.69, 9.17) is 9.53 Å². The van der Waals surface area contributed by atoms with Gasteiger partial charge in [0.15, 0.2) is 0 Å². The van der Waals surface area contributed by atoms with Crippen LogP contribution in [-0.4, -0.2) is 49.3 Å². The van der Waals surface area contributed by atoms with Crippen LogP contribution in [0, 0.1) is 0 Å². The number of likely N-dealkylation sites (N-methyl/N-ethyl adjacent to an activating group) is 1. The predicted octanol–water partition coefficient (Wildman–Crippen LogP) is 5.98. The molecule has 0 saturated carbocycles. The number of ether oxygens (including phenoxy) is 1. The highest BCUT2D eigenvalue weighted by atomic mass is 16.5. The van der Waals surface area contributed by atoms with Crippen LogP contribution in [0.25, 0.3) is 0 Å². The number of aldehydes is 1. The molecule has 0 aromatic carbocycles. The second-order valence-corrected chi connectivity index (χ2v) is 7.48. The first-order chi connectivity index (χ1) is 12.3. The van der Waals surface area contributed by atoms with Gasteiger partial charge in [-0.3, -0.25) is 4.79 Å². The van der Waals surface area contributed by atoms with Crippen molar-refractivity contribution in [2.24, 2.45) is 0 Å². The first kappa shape index (κ1) is 24.6. The van der Waals surface area contributed by atoms with Crippen LogP contribution in [0.5, 0.6) is 0 Å². The molecule has 0 unspecified atom stereocenters. The molecule has 0 rings (SSSR count). The Bertz CT molecular complexity index is 258. The van der Waals surface area contributed by atoms with Crippen molar-refractivity contribution in [3.63, 3.8) is 0 Å². The molecule has 150 valence electrons. The molecule has 0 atom stereocenters. The molecule has 0 aliphatic carbocycles. The van der Waals surface area contributed by atoms with Crippen molar-refractivity contribution >= 4 is 6.29 Å². The highest BCUT2D eigenvalue weighted by Crippen LogP contribution is 2.12. The summed E-state index contributed by atoms with van der Waals surface area (Å²) in [4.78, 5) is 10.9. The number of unbranched alkanes of at least 4 members (excludes halogenated alkanes) is 13. The minimum Gasteiger partial charge on any atom is -0.380 e. The Morgan fingerprint density at radius 1 is 0.680 bits per heavy atom. The molecular weight excluding hydrogens is 310 g/mol. The minimum atomic E-state index is 0.864. The minimum absolute atomic E-state index is 0.864. The molecule has 0 heterocycles. The van der Waals surface area contributed by atoms with E-state index in [0.717, 1.165) is 32.6 Å². The standard InChI is InChI=1S/C22H45NO2/c1-3-18-23(2)19-22-25-21-17-15-13-11-9-7-5-4-6-8-10-12-14-16-20-24/h20H,3-19,21-22H2,1-2H3/p+1. The Kier molecular flexibility index (Phi) is 21.3. The monoisotopic (exact) mass is 356 g/mol. The van der Waals surface area contributed by atoms with Crippen LogP contribution < -0.4 is 0 Å². The lowest BCUT2D eigenvalue weighted by atomic mass is 10.0. The van der Waals surface area contributed by atoms with E-state index in [1.807, 2.05) is 0 Å². The first-order valence-electron chi connectivity index (χ1n) is 11.0. The largest absolute Gasteiger partial charge is 0.380 e. The second-order valence-electron chi connectivity index (χ2n) is 7.48. The van der Waals surface area contributed by atoms with E-state index < -0.39 is 0 Å². The average molecular weight is 357 g/mol. The molecule has 0 amide bonds. The van der Waals surface area contributed by atoms with Gasteiger partial charge in [0.1, 0.15) is 0 Å². The molecular formula is C22H46NO2+. The molecule has 1 N–H and O–H groups in total. The number of hydrogen-bond acceptors (Lipinski definition) is 2. The van der Waals surface area contributed by atoms with Crippen molar-refractivity contribution in [1.82, 2.24) is 4.90 Å². The predicted molar refractivity (Wildman–Crippen MR) is 111 cm³/mol. The zero-order valence-electron chi connectivity index (χ0n) is 17.3. The van der Waals surface area contributed by atoms with Gasteiger partial charge in [-0.2, -0.15) is 0 Å². The van der Waals surface area contributed by atoms with E-state index in [9.17, 15) is 0 Å². The Morgan fingerprint density at radius 3 is 1.64 bits per heavy atom. The third kappa shape index (κ3) is 21.5. The molecule has 0 aliphatic heterocycles. The number of carbonyl (C=O) groups excluding carboxylic acids is 1. The average Bonchev–Trinajstić information content (AvgIpc) is 2.61. The lowest BCUT2D eigenvalue weighted by molar-refractivity contribution is 0.108. The molecule has 25 heavy (non-hydrogen) atoms. The van der Waals surface area contributed by atoms with E-state index in [-0.39, 0.29) is 0 Å². The van der Waals surface area contributed by atoms with Gasteiger partial charge in [-0.05, 0) is 32.9 Å². The summed E-state index contributed by atoms with van der Waals surface area (Å²) in [6, 6.07) is 0. The van der Waals surface area contributed by atoms with Crippen LogP contribution in [0.4, 0.5) is 0 Å².